The minimum atomic E-state index is -1.04. The smallest absolute Gasteiger partial charge is 0.234 e. The van der Waals surface area contributed by atoms with E-state index in [1.807, 2.05) is 18.2 Å². The Hall–Kier alpha value is -3.35. The predicted molar refractivity (Wildman–Crippen MR) is 151 cm³/mol. The maximum Gasteiger partial charge on any atom is 0.234 e. The second-order valence-corrected chi connectivity index (χ2v) is 10.5. The number of nitrogens with zero attached hydrogens (tertiary/aromatic N) is 3. The Morgan fingerprint density at radius 2 is 2.07 bits per heavy atom. The number of ether oxygens (including phenoxy) is 2. The molecule has 1 fully saturated rings. The summed E-state index contributed by atoms with van der Waals surface area (Å²) in [5, 5.41) is 27.4. The number of halogens is 2. The number of aromatic nitrogens is 2. The first-order valence-corrected chi connectivity index (χ1v) is 14.0. The largest absolute Gasteiger partial charge is 0.494 e. The number of benzene rings is 2. The number of nitrogens with one attached hydrogen (secondary N) is 2. The summed E-state index contributed by atoms with van der Waals surface area (Å²) in [6.07, 6.45) is 2.25. The van der Waals surface area contributed by atoms with Crippen molar-refractivity contribution in [3.63, 3.8) is 0 Å². The highest BCUT2D eigenvalue weighted by atomic mass is 35.5. The third-order valence-electron chi connectivity index (χ3n) is 7.19. The van der Waals surface area contributed by atoms with E-state index in [-0.39, 0.29) is 12.6 Å². The van der Waals surface area contributed by atoms with Crippen molar-refractivity contribution in [2.45, 2.75) is 44.6 Å². The van der Waals surface area contributed by atoms with E-state index in [4.69, 9.17) is 21.1 Å². The van der Waals surface area contributed by atoms with Crippen molar-refractivity contribution < 1.29 is 28.9 Å². The lowest BCUT2D eigenvalue weighted by molar-refractivity contribution is -0.126. The molecule has 4 N–H and O–H groups in total. The quantitative estimate of drug-likeness (QED) is 0.282. The molecule has 218 valence electrons. The summed E-state index contributed by atoms with van der Waals surface area (Å²) in [6, 6.07) is 9.04. The first kappa shape index (κ1) is 29.2. The number of aliphatic hydroxyl groups is 2. The number of fused-ring (bicyclic) bond motifs is 1. The highest BCUT2D eigenvalue weighted by Gasteiger charge is 2.31. The Labute approximate surface area is 242 Å². The van der Waals surface area contributed by atoms with E-state index in [0.717, 1.165) is 18.4 Å². The predicted octanol–water partition coefficient (Wildman–Crippen LogP) is 3.58. The lowest BCUT2D eigenvalue weighted by Gasteiger charge is -2.23. The van der Waals surface area contributed by atoms with Gasteiger partial charge in [0.1, 0.15) is 17.8 Å². The van der Waals surface area contributed by atoms with E-state index in [1.165, 1.54) is 12.1 Å². The molecule has 10 nitrogen and oxygen atoms in total. The van der Waals surface area contributed by atoms with Crippen LogP contribution in [0.2, 0.25) is 5.02 Å². The van der Waals surface area contributed by atoms with Gasteiger partial charge in [0.05, 0.1) is 42.7 Å². The zero-order valence-corrected chi connectivity index (χ0v) is 23.4. The number of amides is 1. The molecule has 1 unspecified atom stereocenters. The Balaban J connectivity index is 1.26. The summed E-state index contributed by atoms with van der Waals surface area (Å²) < 4.78 is 24.9. The standard InChI is InChI=1S/C29H33ClFN5O5/c1-2-41-22-10-19(9-20(31)12-22)25(16-37)34-26(38)15-36-14-18-4-3-17(11-23(18)28(36)39)27-24(30)13-32-29(35-27)33-21-5-7-40-8-6-21/h3-4,9-13,21,25,28,37,39H,2,5-8,14-16H2,1H3,(H,34,38)(H,32,33,35)/t25-,28?/m1/s1. The maximum absolute atomic E-state index is 14.1. The summed E-state index contributed by atoms with van der Waals surface area (Å²) in [4.78, 5) is 23.5. The highest BCUT2D eigenvalue weighted by Crippen LogP contribution is 2.36. The average Bonchev–Trinajstić information content (AvgIpc) is 3.27. The van der Waals surface area contributed by atoms with Gasteiger partial charge >= 0.3 is 0 Å². The number of hydrogen-bond acceptors (Lipinski definition) is 9. The zero-order valence-electron chi connectivity index (χ0n) is 22.6. The topological polar surface area (TPSA) is 129 Å². The minimum Gasteiger partial charge on any atom is -0.494 e. The van der Waals surface area contributed by atoms with Crippen LogP contribution >= 0.6 is 11.6 Å². The fraction of sp³-hybridized carbons (Fsp3) is 0.414. The SMILES string of the molecule is CCOc1cc(F)cc([C@@H](CO)NC(=O)CN2Cc3ccc(-c4nc(NC5CCOCC5)ncc4Cl)cc3C2O)c1. The minimum absolute atomic E-state index is 0.136. The van der Waals surface area contributed by atoms with Crippen molar-refractivity contribution in [3.05, 3.63) is 70.1 Å². The van der Waals surface area contributed by atoms with Gasteiger partial charge in [-0.2, -0.15) is 0 Å². The highest BCUT2D eigenvalue weighted by molar-refractivity contribution is 6.32. The molecule has 1 aromatic heterocycles. The Morgan fingerprint density at radius 3 is 2.83 bits per heavy atom. The Morgan fingerprint density at radius 1 is 1.27 bits per heavy atom. The van der Waals surface area contributed by atoms with Gasteiger partial charge in [0.15, 0.2) is 0 Å². The average molecular weight is 586 g/mol. The van der Waals surface area contributed by atoms with Gasteiger partial charge in [-0.3, -0.25) is 9.69 Å². The van der Waals surface area contributed by atoms with E-state index < -0.39 is 30.6 Å². The Bertz CT molecular complexity index is 1390. The molecule has 0 aliphatic carbocycles. The third kappa shape index (κ3) is 6.94. The molecule has 12 heteroatoms. The van der Waals surface area contributed by atoms with Crippen LogP contribution in [0.3, 0.4) is 0 Å². The monoisotopic (exact) mass is 585 g/mol. The molecule has 3 heterocycles. The second-order valence-electron chi connectivity index (χ2n) is 10.1. The van der Waals surface area contributed by atoms with Gasteiger partial charge in [0.25, 0.3) is 0 Å². The van der Waals surface area contributed by atoms with Gasteiger partial charge in [0.2, 0.25) is 11.9 Å². The third-order valence-corrected chi connectivity index (χ3v) is 7.46. The molecule has 1 saturated heterocycles. The van der Waals surface area contributed by atoms with Gasteiger partial charge in [-0.15, -0.1) is 0 Å². The molecule has 0 saturated carbocycles. The molecular weight excluding hydrogens is 553 g/mol. The van der Waals surface area contributed by atoms with Crippen molar-refractivity contribution in [2.75, 3.05) is 38.3 Å². The number of aliphatic hydroxyl groups excluding tert-OH is 2. The number of carbonyl (C=O) groups excluding carboxylic acids is 1. The summed E-state index contributed by atoms with van der Waals surface area (Å²) in [5.74, 6) is -0.177. The molecule has 0 radical (unpaired) electrons. The lowest BCUT2D eigenvalue weighted by atomic mass is 10.0. The summed E-state index contributed by atoms with van der Waals surface area (Å²) >= 11 is 6.46. The van der Waals surface area contributed by atoms with Crippen LogP contribution < -0.4 is 15.4 Å². The summed E-state index contributed by atoms with van der Waals surface area (Å²) in [6.45, 7) is 3.29. The molecule has 5 rings (SSSR count). The van der Waals surface area contributed by atoms with Crippen molar-refractivity contribution in [3.8, 4) is 17.0 Å². The normalized spacial score (nSPS) is 18.1. The van der Waals surface area contributed by atoms with E-state index in [1.54, 1.807) is 24.1 Å². The number of carbonyl (C=O) groups is 1. The van der Waals surface area contributed by atoms with Crippen LogP contribution in [0.25, 0.3) is 11.3 Å². The molecule has 2 aliphatic rings. The second kappa shape index (κ2) is 13.1. The molecule has 2 atom stereocenters. The fourth-order valence-electron chi connectivity index (χ4n) is 5.13. The molecule has 41 heavy (non-hydrogen) atoms. The van der Waals surface area contributed by atoms with Crippen molar-refractivity contribution in [2.24, 2.45) is 0 Å². The van der Waals surface area contributed by atoms with Gasteiger partial charge in [-0.1, -0.05) is 23.7 Å². The number of hydrogen-bond donors (Lipinski definition) is 4. The molecule has 0 bridgehead atoms. The number of rotatable bonds is 10. The summed E-state index contributed by atoms with van der Waals surface area (Å²) in [7, 11) is 0. The molecular formula is C29H33ClFN5O5. The van der Waals surface area contributed by atoms with E-state index in [9.17, 15) is 19.4 Å². The zero-order chi connectivity index (χ0) is 28.9. The first-order valence-electron chi connectivity index (χ1n) is 13.6. The Kier molecular flexibility index (Phi) is 9.31. The lowest BCUT2D eigenvalue weighted by Crippen LogP contribution is -2.39. The fourth-order valence-corrected chi connectivity index (χ4v) is 5.33. The van der Waals surface area contributed by atoms with Crippen molar-refractivity contribution in [1.82, 2.24) is 20.2 Å². The molecule has 1 amide bonds. The van der Waals surface area contributed by atoms with Crippen LogP contribution in [-0.4, -0.2) is 70.0 Å². The van der Waals surface area contributed by atoms with Crippen molar-refractivity contribution in [1.29, 1.82) is 0 Å². The van der Waals surface area contributed by atoms with E-state index >= 15 is 0 Å². The van der Waals surface area contributed by atoms with Crippen LogP contribution in [0.1, 0.15) is 48.7 Å². The molecule has 2 aliphatic heterocycles. The van der Waals surface area contributed by atoms with Gasteiger partial charge < -0.3 is 30.3 Å². The number of anilines is 1. The van der Waals surface area contributed by atoms with Gasteiger partial charge in [0, 0.05) is 43.0 Å². The molecule has 0 spiro atoms. The molecule has 3 aromatic rings. The molecule has 2 aromatic carbocycles. The first-order chi connectivity index (χ1) is 19.8. The van der Waals surface area contributed by atoms with Crippen molar-refractivity contribution >= 4 is 23.5 Å². The van der Waals surface area contributed by atoms with Crippen LogP contribution in [-0.2, 0) is 16.1 Å². The summed E-state index contributed by atoms with van der Waals surface area (Å²) in [5.41, 5.74) is 3.15. The van der Waals surface area contributed by atoms with Gasteiger partial charge in [-0.25, -0.2) is 14.4 Å². The van der Waals surface area contributed by atoms with Gasteiger partial charge in [-0.05, 0) is 49.1 Å². The van der Waals surface area contributed by atoms with Crippen LogP contribution in [0.15, 0.2) is 42.6 Å². The van der Waals surface area contributed by atoms with Crippen LogP contribution in [0, 0.1) is 5.82 Å². The van der Waals surface area contributed by atoms with E-state index in [2.05, 4.69) is 20.6 Å². The van der Waals surface area contributed by atoms with Crippen LogP contribution in [0.4, 0.5) is 10.3 Å². The van der Waals surface area contributed by atoms with Crippen LogP contribution in [0.5, 0.6) is 5.75 Å². The maximum atomic E-state index is 14.1. The van der Waals surface area contributed by atoms with E-state index in [0.29, 0.717) is 65.5 Å².